The molecule has 0 unspecified atom stereocenters. The Morgan fingerprint density at radius 2 is 1.81 bits per heavy atom. The van der Waals surface area contributed by atoms with Crippen molar-refractivity contribution in [3.63, 3.8) is 0 Å². The Morgan fingerprint density at radius 3 is 2.31 bits per heavy atom. The lowest BCUT2D eigenvalue weighted by molar-refractivity contribution is -0.142. The lowest BCUT2D eigenvalue weighted by atomic mass is 10.4. The lowest BCUT2D eigenvalue weighted by Gasteiger charge is -2.12. The number of nitrogens with one attached hydrogen (secondary N) is 2. The Kier molecular flexibility index (Phi) is 3.98. The SMILES string of the molecule is CCNC(=O)NC(=O)CN1C(=O)CCC1=O. The van der Waals surface area contributed by atoms with Gasteiger partial charge in [0, 0.05) is 19.4 Å². The van der Waals surface area contributed by atoms with Gasteiger partial charge in [-0.2, -0.15) is 0 Å². The quantitative estimate of drug-likeness (QED) is 0.603. The van der Waals surface area contributed by atoms with Gasteiger partial charge in [-0.3, -0.25) is 24.6 Å². The Labute approximate surface area is 92.2 Å². The van der Waals surface area contributed by atoms with Crippen LogP contribution in [0.2, 0.25) is 0 Å². The summed E-state index contributed by atoms with van der Waals surface area (Å²) in [5.41, 5.74) is 0. The van der Waals surface area contributed by atoms with Crippen LogP contribution in [-0.4, -0.2) is 41.7 Å². The van der Waals surface area contributed by atoms with Gasteiger partial charge in [-0.1, -0.05) is 0 Å². The van der Waals surface area contributed by atoms with Crippen LogP contribution in [0.1, 0.15) is 19.8 Å². The zero-order valence-corrected chi connectivity index (χ0v) is 8.91. The number of hydrogen-bond acceptors (Lipinski definition) is 4. The molecule has 1 saturated heterocycles. The van der Waals surface area contributed by atoms with Crippen molar-refractivity contribution >= 4 is 23.8 Å². The van der Waals surface area contributed by atoms with Gasteiger partial charge >= 0.3 is 6.03 Å². The summed E-state index contributed by atoms with van der Waals surface area (Å²) in [6, 6.07) is -0.633. The second-order valence-electron chi connectivity index (χ2n) is 3.28. The number of carbonyl (C=O) groups is 4. The molecule has 0 aromatic carbocycles. The topological polar surface area (TPSA) is 95.6 Å². The molecule has 0 aliphatic carbocycles. The van der Waals surface area contributed by atoms with Crippen LogP contribution in [0, 0.1) is 0 Å². The largest absolute Gasteiger partial charge is 0.338 e. The van der Waals surface area contributed by atoms with Crippen LogP contribution >= 0.6 is 0 Å². The van der Waals surface area contributed by atoms with Crippen molar-refractivity contribution in [2.24, 2.45) is 0 Å². The van der Waals surface area contributed by atoms with Crippen molar-refractivity contribution in [2.75, 3.05) is 13.1 Å². The average Bonchev–Trinajstić information content (AvgIpc) is 2.49. The molecule has 1 heterocycles. The van der Waals surface area contributed by atoms with E-state index in [9.17, 15) is 19.2 Å². The summed E-state index contributed by atoms with van der Waals surface area (Å²) in [6.45, 7) is 1.70. The molecule has 2 N–H and O–H groups in total. The van der Waals surface area contributed by atoms with Crippen molar-refractivity contribution in [1.29, 1.82) is 0 Å². The van der Waals surface area contributed by atoms with Crippen molar-refractivity contribution in [3.8, 4) is 0 Å². The minimum Gasteiger partial charge on any atom is -0.338 e. The number of urea groups is 1. The third kappa shape index (κ3) is 3.04. The van der Waals surface area contributed by atoms with Crippen LogP contribution in [0.4, 0.5) is 4.79 Å². The molecule has 1 aliphatic heterocycles. The van der Waals surface area contributed by atoms with Crippen LogP contribution in [-0.2, 0) is 14.4 Å². The van der Waals surface area contributed by atoms with E-state index in [1.54, 1.807) is 6.92 Å². The lowest BCUT2D eigenvalue weighted by Crippen LogP contribution is -2.45. The molecule has 7 nitrogen and oxygen atoms in total. The molecule has 0 radical (unpaired) electrons. The van der Waals surface area contributed by atoms with Gasteiger partial charge in [0.05, 0.1) is 0 Å². The fourth-order valence-electron chi connectivity index (χ4n) is 1.31. The van der Waals surface area contributed by atoms with Crippen molar-refractivity contribution < 1.29 is 19.2 Å². The number of nitrogens with zero attached hydrogens (tertiary/aromatic N) is 1. The molecular formula is C9H13N3O4. The molecule has 1 rings (SSSR count). The summed E-state index contributed by atoms with van der Waals surface area (Å²) >= 11 is 0. The van der Waals surface area contributed by atoms with Crippen LogP contribution in [0.15, 0.2) is 0 Å². The van der Waals surface area contributed by atoms with E-state index in [1.165, 1.54) is 0 Å². The highest BCUT2D eigenvalue weighted by atomic mass is 16.2. The highest BCUT2D eigenvalue weighted by Crippen LogP contribution is 2.10. The van der Waals surface area contributed by atoms with Crippen molar-refractivity contribution in [1.82, 2.24) is 15.5 Å². The second kappa shape index (κ2) is 5.24. The van der Waals surface area contributed by atoms with Crippen molar-refractivity contribution in [2.45, 2.75) is 19.8 Å². The van der Waals surface area contributed by atoms with Gasteiger partial charge in [0.1, 0.15) is 6.54 Å². The number of carbonyl (C=O) groups excluding carboxylic acids is 4. The third-order valence-corrected chi connectivity index (χ3v) is 2.05. The van der Waals surface area contributed by atoms with E-state index >= 15 is 0 Å². The average molecular weight is 227 g/mol. The molecule has 0 bridgehead atoms. The first-order valence-corrected chi connectivity index (χ1v) is 4.95. The Balaban J connectivity index is 2.42. The molecule has 1 fully saturated rings. The molecular weight excluding hydrogens is 214 g/mol. The number of rotatable bonds is 3. The smallest absolute Gasteiger partial charge is 0.321 e. The monoisotopic (exact) mass is 227 g/mol. The molecule has 88 valence electrons. The molecule has 0 saturated carbocycles. The number of imide groups is 2. The Morgan fingerprint density at radius 1 is 1.25 bits per heavy atom. The number of likely N-dealkylation sites (tertiary alicyclic amines) is 1. The minimum atomic E-state index is -0.672. The normalized spacial score (nSPS) is 15.2. The van der Waals surface area contributed by atoms with E-state index in [1.807, 2.05) is 5.32 Å². The molecule has 0 aromatic heterocycles. The highest BCUT2D eigenvalue weighted by Gasteiger charge is 2.30. The van der Waals surface area contributed by atoms with Gasteiger partial charge < -0.3 is 5.32 Å². The Hall–Kier alpha value is -1.92. The van der Waals surface area contributed by atoms with Gasteiger partial charge in [0.15, 0.2) is 0 Å². The summed E-state index contributed by atoms with van der Waals surface area (Å²) in [6.07, 6.45) is 0.264. The first-order chi connectivity index (χ1) is 7.54. The van der Waals surface area contributed by atoms with Gasteiger partial charge in [0.2, 0.25) is 17.7 Å². The van der Waals surface area contributed by atoms with E-state index in [-0.39, 0.29) is 24.7 Å². The zero-order chi connectivity index (χ0) is 12.1. The molecule has 7 heteroatoms. The standard InChI is InChI=1S/C9H13N3O4/c1-2-10-9(16)11-6(13)5-12-7(14)3-4-8(12)15/h2-5H2,1H3,(H2,10,11,13,16). The van der Waals surface area contributed by atoms with Crippen LogP contribution in [0.3, 0.4) is 0 Å². The molecule has 0 aromatic rings. The molecule has 5 amide bonds. The molecule has 0 spiro atoms. The van der Waals surface area contributed by atoms with Crippen molar-refractivity contribution in [3.05, 3.63) is 0 Å². The summed E-state index contributed by atoms with van der Waals surface area (Å²) < 4.78 is 0. The minimum absolute atomic E-state index is 0.132. The predicted octanol–water partition coefficient (Wildman–Crippen LogP) is -1.02. The van der Waals surface area contributed by atoms with Crippen LogP contribution < -0.4 is 10.6 Å². The molecule has 0 atom stereocenters. The van der Waals surface area contributed by atoms with E-state index in [2.05, 4.69) is 5.32 Å². The molecule has 1 aliphatic rings. The summed E-state index contributed by atoms with van der Waals surface area (Å²) in [4.78, 5) is 45.4. The van der Waals surface area contributed by atoms with Gasteiger partial charge in [-0.15, -0.1) is 0 Å². The number of hydrogen-bond donors (Lipinski definition) is 2. The maximum absolute atomic E-state index is 11.3. The molecule has 16 heavy (non-hydrogen) atoms. The first kappa shape index (κ1) is 12.2. The predicted molar refractivity (Wildman–Crippen MR) is 53.2 cm³/mol. The summed E-state index contributed by atoms with van der Waals surface area (Å²) in [5, 5.41) is 4.38. The fourth-order valence-corrected chi connectivity index (χ4v) is 1.31. The van der Waals surface area contributed by atoms with Crippen LogP contribution in [0.25, 0.3) is 0 Å². The maximum Gasteiger partial charge on any atom is 0.321 e. The van der Waals surface area contributed by atoms with E-state index in [4.69, 9.17) is 0 Å². The van der Waals surface area contributed by atoms with E-state index < -0.39 is 18.5 Å². The van der Waals surface area contributed by atoms with Gasteiger partial charge in [-0.05, 0) is 6.92 Å². The Bertz CT molecular complexity index is 324. The van der Waals surface area contributed by atoms with E-state index in [0.717, 1.165) is 4.90 Å². The first-order valence-electron chi connectivity index (χ1n) is 4.95. The summed E-state index contributed by atoms with van der Waals surface area (Å²) in [7, 11) is 0. The van der Waals surface area contributed by atoms with Gasteiger partial charge in [0.25, 0.3) is 0 Å². The van der Waals surface area contributed by atoms with E-state index in [0.29, 0.717) is 6.54 Å². The fraction of sp³-hybridized carbons (Fsp3) is 0.556. The summed E-state index contributed by atoms with van der Waals surface area (Å²) in [5.74, 6) is -1.43. The second-order valence-corrected chi connectivity index (χ2v) is 3.28. The highest BCUT2D eigenvalue weighted by molar-refractivity contribution is 6.06. The number of amides is 5. The third-order valence-electron chi connectivity index (χ3n) is 2.05. The zero-order valence-electron chi connectivity index (χ0n) is 8.91. The van der Waals surface area contributed by atoms with Gasteiger partial charge in [-0.25, -0.2) is 4.79 Å². The van der Waals surface area contributed by atoms with Crippen LogP contribution in [0.5, 0.6) is 0 Å². The maximum atomic E-state index is 11.3.